The Kier molecular flexibility index (Phi) is 7.68. The first-order valence-electron chi connectivity index (χ1n) is 11.6. The molecule has 0 aromatic heterocycles. The van der Waals surface area contributed by atoms with Gasteiger partial charge in [0.05, 0.1) is 17.2 Å². The van der Waals surface area contributed by atoms with Crippen LogP contribution in [0.3, 0.4) is 0 Å². The van der Waals surface area contributed by atoms with E-state index in [9.17, 15) is 35.8 Å². The molecule has 3 aromatic rings. The Morgan fingerprint density at radius 3 is 2.19 bits per heavy atom. The molecule has 37 heavy (non-hydrogen) atoms. The summed E-state index contributed by atoms with van der Waals surface area (Å²) in [4.78, 5) is 1.64. The number of halogens is 7. The van der Waals surface area contributed by atoms with Gasteiger partial charge >= 0.3 is 12.4 Å². The lowest BCUT2D eigenvalue weighted by atomic mass is 10.1. The highest BCUT2D eigenvalue weighted by Gasteiger charge is 2.33. The first kappa shape index (κ1) is 26.8. The summed E-state index contributed by atoms with van der Waals surface area (Å²) in [7, 11) is 0. The first-order valence-corrected chi connectivity index (χ1v) is 11.6. The number of alkyl halides is 6. The summed E-state index contributed by atoms with van der Waals surface area (Å²) < 4.78 is 98.0. The normalized spacial score (nSPS) is 14.9. The van der Waals surface area contributed by atoms with Crippen molar-refractivity contribution in [3.63, 3.8) is 0 Å². The Morgan fingerprint density at radius 1 is 0.865 bits per heavy atom. The zero-order valence-corrected chi connectivity index (χ0v) is 19.5. The summed E-state index contributed by atoms with van der Waals surface area (Å²) in [6.07, 6.45) is -8.17. The Labute approximate surface area is 209 Å². The van der Waals surface area contributed by atoms with Gasteiger partial charge in [0.2, 0.25) is 0 Å². The molecule has 10 heteroatoms. The number of hydrogen-bond acceptors (Lipinski definition) is 3. The third-order valence-corrected chi connectivity index (χ3v) is 6.16. The van der Waals surface area contributed by atoms with Gasteiger partial charge < -0.3 is 14.7 Å². The van der Waals surface area contributed by atoms with Crippen LogP contribution in [0, 0.1) is 11.7 Å². The predicted molar refractivity (Wildman–Crippen MR) is 123 cm³/mol. The summed E-state index contributed by atoms with van der Waals surface area (Å²) in [5.41, 5.74) is -1.04. The molecule has 0 heterocycles. The molecule has 1 aliphatic carbocycles. The fourth-order valence-electron chi connectivity index (χ4n) is 3.95. The second-order valence-electron chi connectivity index (χ2n) is 9.07. The molecular formula is C27H24F7NO2. The number of ether oxygens (including phenoxy) is 1. The lowest BCUT2D eigenvalue weighted by molar-refractivity contribution is -0.138. The molecule has 198 valence electrons. The number of hydrogen-bond donors (Lipinski definition) is 1. The highest BCUT2D eigenvalue weighted by atomic mass is 19.4. The van der Waals surface area contributed by atoms with E-state index < -0.39 is 35.4 Å². The van der Waals surface area contributed by atoms with Crippen molar-refractivity contribution in [3.05, 3.63) is 94.8 Å². The van der Waals surface area contributed by atoms with Crippen LogP contribution >= 0.6 is 0 Å². The van der Waals surface area contributed by atoms with Crippen molar-refractivity contribution < 1.29 is 40.6 Å². The molecule has 0 amide bonds. The third-order valence-electron chi connectivity index (χ3n) is 6.16. The van der Waals surface area contributed by atoms with Crippen molar-refractivity contribution in [2.75, 3.05) is 11.4 Å². The minimum absolute atomic E-state index is 0.0197. The number of aliphatic hydroxyl groups is 1. The average Bonchev–Trinajstić information content (AvgIpc) is 3.68. The van der Waals surface area contributed by atoms with E-state index in [0.29, 0.717) is 23.1 Å². The van der Waals surface area contributed by atoms with Crippen molar-refractivity contribution in [3.8, 4) is 5.75 Å². The van der Waals surface area contributed by atoms with E-state index >= 15 is 0 Å². The molecule has 0 spiro atoms. The fraction of sp³-hybridized carbons (Fsp3) is 0.333. The maximum atomic E-state index is 14.6. The molecule has 0 bridgehead atoms. The summed E-state index contributed by atoms with van der Waals surface area (Å²) in [5.74, 6) is -0.591. The standard InChI is InChI=1S/C27H24F7NO2/c28-24-12-21(27(32,33)34)10-9-19(24)14-35(15-25(36)18-7-8-18)22-5-2-6-23(13-22)37-16-17-3-1-4-20(11-17)26(29,30)31/h1-6,9-13,18,25,36H,7-8,14-16H2. The topological polar surface area (TPSA) is 32.7 Å². The molecule has 0 saturated heterocycles. The molecule has 4 rings (SSSR count). The quantitative estimate of drug-likeness (QED) is 0.298. The van der Waals surface area contributed by atoms with E-state index in [-0.39, 0.29) is 31.2 Å². The largest absolute Gasteiger partial charge is 0.489 e. The van der Waals surface area contributed by atoms with E-state index in [1.54, 1.807) is 29.2 Å². The highest BCUT2D eigenvalue weighted by molar-refractivity contribution is 5.51. The van der Waals surface area contributed by atoms with Crippen LogP contribution in [0.15, 0.2) is 66.7 Å². The molecule has 1 aliphatic rings. The third kappa shape index (κ3) is 7.15. The predicted octanol–water partition coefficient (Wildman–Crippen LogP) is 7.22. The van der Waals surface area contributed by atoms with Gasteiger partial charge in [0, 0.05) is 30.4 Å². The molecule has 0 aliphatic heterocycles. The van der Waals surface area contributed by atoms with Crippen molar-refractivity contribution >= 4 is 5.69 Å². The summed E-state index contributed by atoms with van der Waals surface area (Å²) in [5, 5.41) is 10.5. The SMILES string of the molecule is OC(CN(Cc1ccc(C(F)(F)F)cc1F)c1cccc(OCc2cccc(C(F)(F)F)c2)c1)C1CC1. The van der Waals surface area contributed by atoms with Gasteiger partial charge in [-0.2, -0.15) is 26.3 Å². The summed E-state index contributed by atoms with van der Waals surface area (Å²) >= 11 is 0. The van der Waals surface area contributed by atoms with Crippen LogP contribution in [0.4, 0.5) is 36.4 Å². The molecule has 1 atom stereocenters. The molecule has 1 fully saturated rings. The van der Waals surface area contributed by atoms with Gasteiger partial charge in [-0.05, 0) is 60.7 Å². The molecule has 3 nitrogen and oxygen atoms in total. The van der Waals surface area contributed by atoms with Crippen LogP contribution in [-0.4, -0.2) is 17.8 Å². The zero-order valence-electron chi connectivity index (χ0n) is 19.5. The van der Waals surface area contributed by atoms with Crippen molar-refractivity contribution in [1.29, 1.82) is 0 Å². The van der Waals surface area contributed by atoms with Crippen LogP contribution in [-0.2, 0) is 25.5 Å². The van der Waals surface area contributed by atoms with E-state index in [1.165, 1.54) is 12.1 Å². The average molecular weight is 527 g/mol. The van der Waals surface area contributed by atoms with E-state index in [1.807, 2.05) is 0 Å². The maximum Gasteiger partial charge on any atom is 0.416 e. The van der Waals surface area contributed by atoms with E-state index in [2.05, 4.69) is 0 Å². The molecular weight excluding hydrogens is 503 g/mol. The minimum Gasteiger partial charge on any atom is -0.489 e. The maximum absolute atomic E-state index is 14.6. The minimum atomic E-state index is -4.67. The van der Waals surface area contributed by atoms with Gasteiger partial charge in [0.1, 0.15) is 18.2 Å². The lowest BCUT2D eigenvalue weighted by Crippen LogP contribution is -2.33. The fourth-order valence-corrected chi connectivity index (χ4v) is 3.95. The number of rotatable bonds is 9. The van der Waals surface area contributed by atoms with Crippen LogP contribution in [0.5, 0.6) is 5.75 Å². The van der Waals surface area contributed by atoms with Gasteiger partial charge in [0.25, 0.3) is 0 Å². The number of anilines is 1. The van der Waals surface area contributed by atoms with Crippen molar-refractivity contribution in [1.82, 2.24) is 0 Å². The van der Waals surface area contributed by atoms with Crippen molar-refractivity contribution in [2.45, 2.75) is 44.4 Å². The number of benzene rings is 3. The van der Waals surface area contributed by atoms with Crippen LogP contribution in [0.1, 0.15) is 35.1 Å². The second kappa shape index (κ2) is 10.6. The van der Waals surface area contributed by atoms with E-state index in [0.717, 1.165) is 37.1 Å². The van der Waals surface area contributed by atoms with Crippen LogP contribution in [0.25, 0.3) is 0 Å². The van der Waals surface area contributed by atoms with Gasteiger partial charge in [-0.3, -0.25) is 0 Å². The molecule has 1 unspecified atom stereocenters. The van der Waals surface area contributed by atoms with Crippen molar-refractivity contribution in [2.24, 2.45) is 5.92 Å². The van der Waals surface area contributed by atoms with Gasteiger partial charge in [0.15, 0.2) is 0 Å². The summed E-state index contributed by atoms with van der Waals surface area (Å²) in [6.45, 7) is -0.126. The smallest absolute Gasteiger partial charge is 0.416 e. The highest BCUT2D eigenvalue weighted by Crippen LogP contribution is 2.35. The van der Waals surface area contributed by atoms with E-state index in [4.69, 9.17) is 4.74 Å². The molecule has 3 aromatic carbocycles. The Bertz CT molecular complexity index is 1220. The lowest BCUT2D eigenvalue weighted by Gasteiger charge is -2.28. The monoisotopic (exact) mass is 527 g/mol. The zero-order chi connectivity index (χ0) is 26.8. The Morgan fingerprint density at radius 2 is 1.54 bits per heavy atom. The summed E-state index contributed by atoms with van der Waals surface area (Å²) in [6, 6.07) is 13.6. The molecule has 0 radical (unpaired) electrons. The molecule has 1 N–H and O–H groups in total. The number of aliphatic hydroxyl groups excluding tert-OH is 1. The van der Waals surface area contributed by atoms with Gasteiger partial charge in [-0.1, -0.05) is 24.3 Å². The second-order valence-corrected chi connectivity index (χ2v) is 9.07. The Balaban J connectivity index is 1.53. The molecule has 1 saturated carbocycles. The van der Waals surface area contributed by atoms with Crippen LogP contribution < -0.4 is 9.64 Å². The first-order chi connectivity index (χ1) is 17.4. The van der Waals surface area contributed by atoms with Gasteiger partial charge in [-0.25, -0.2) is 4.39 Å². The number of nitrogens with zero attached hydrogens (tertiary/aromatic N) is 1. The Hall–Kier alpha value is -3.27. The van der Waals surface area contributed by atoms with Gasteiger partial charge in [-0.15, -0.1) is 0 Å². The van der Waals surface area contributed by atoms with Crippen LogP contribution in [0.2, 0.25) is 0 Å².